The zero-order valence-corrected chi connectivity index (χ0v) is 10.6. The van der Waals surface area contributed by atoms with Crippen molar-refractivity contribution in [3.05, 3.63) is 22.7 Å². The lowest BCUT2D eigenvalue weighted by Crippen LogP contribution is -2.29. The summed E-state index contributed by atoms with van der Waals surface area (Å²) in [7, 11) is 0. The Morgan fingerprint density at radius 2 is 2.44 bits per heavy atom. The number of anilines is 1. The molecule has 2 bridgehead atoms. The summed E-state index contributed by atoms with van der Waals surface area (Å²) in [4.78, 5) is 16.1. The van der Waals surface area contributed by atoms with E-state index in [9.17, 15) is 4.79 Å². The second kappa shape index (κ2) is 4.72. The van der Waals surface area contributed by atoms with Crippen LogP contribution in [0.4, 0.5) is 5.82 Å². The topological polar surface area (TPSA) is 56.1 Å². The van der Waals surface area contributed by atoms with Crippen molar-refractivity contribution in [3.8, 4) is 0 Å². The lowest BCUT2D eigenvalue weighted by molar-refractivity contribution is 0.0941. The van der Waals surface area contributed by atoms with Crippen LogP contribution in [0.15, 0.2) is 17.2 Å². The Labute approximate surface area is 106 Å². The summed E-state index contributed by atoms with van der Waals surface area (Å²) in [5.74, 6) is 0.988. The number of nitrogens with one attached hydrogen (secondary N) is 1. The van der Waals surface area contributed by atoms with E-state index in [2.05, 4.69) is 10.3 Å². The minimum absolute atomic E-state index is 0.0379. The molecule has 2 saturated heterocycles. The summed E-state index contributed by atoms with van der Waals surface area (Å²) in [6.45, 7) is 3.42. The first kappa shape index (κ1) is 11.7. The van der Waals surface area contributed by atoms with E-state index in [1.54, 1.807) is 17.0 Å². The van der Waals surface area contributed by atoms with Crippen molar-refractivity contribution in [3.63, 3.8) is 0 Å². The predicted octanol–water partition coefficient (Wildman–Crippen LogP) is 1.24. The van der Waals surface area contributed by atoms with Gasteiger partial charge >= 0.3 is 0 Å². The fraction of sp³-hybridized carbons (Fsp3) is 0.692. The molecular formula is C13H19N3O2. The fourth-order valence-corrected chi connectivity index (χ4v) is 3.00. The van der Waals surface area contributed by atoms with Gasteiger partial charge in [-0.25, -0.2) is 4.98 Å². The Morgan fingerprint density at radius 3 is 3.11 bits per heavy atom. The smallest absolute Gasteiger partial charge is 0.293 e. The third-order valence-electron chi connectivity index (χ3n) is 4.02. The van der Waals surface area contributed by atoms with Crippen LogP contribution < -0.4 is 10.9 Å². The molecule has 0 aliphatic carbocycles. The van der Waals surface area contributed by atoms with Gasteiger partial charge in [-0.2, -0.15) is 0 Å². The Kier molecular flexibility index (Phi) is 3.07. The van der Waals surface area contributed by atoms with Crippen molar-refractivity contribution in [2.45, 2.75) is 44.9 Å². The van der Waals surface area contributed by atoms with Gasteiger partial charge in [-0.3, -0.25) is 4.79 Å². The predicted molar refractivity (Wildman–Crippen MR) is 68.7 cm³/mol. The molecule has 3 atom stereocenters. The number of aromatic nitrogens is 2. The largest absolute Gasteiger partial charge is 0.375 e. The molecule has 18 heavy (non-hydrogen) atoms. The van der Waals surface area contributed by atoms with Crippen molar-refractivity contribution in [1.82, 2.24) is 9.55 Å². The molecule has 1 aromatic rings. The zero-order chi connectivity index (χ0) is 12.5. The van der Waals surface area contributed by atoms with Crippen LogP contribution in [0.1, 0.15) is 26.2 Å². The molecule has 1 N–H and O–H groups in total. The molecule has 98 valence electrons. The summed E-state index contributed by atoms with van der Waals surface area (Å²) < 4.78 is 7.46. The molecule has 0 spiro atoms. The summed E-state index contributed by atoms with van der Waals surface area (Å²) in [6, 6.07) is 0. The highest BCUT2D eigenvalue weighted by atomic mass is 16.5. The van der Waals surface area contributed by atoms with E-state index in [1.807, 2.05) is 6.92 Å². The molecule has 0 radical (unpaired) electrons. The van der Waals surface area contributed by atoms with Crippen LogP contribution in [-0.2, 0) is 11.3 Å². The maximum absolute atomic E-state index is 12.0. The maximum Gasteiger partial charge on any atom is 0.293 e. The zero-order valence-electron chi connectivity index (χ0n) is 10.6. The molecule has 3 unspecified atom stereocenters. The highest BCUT2D eigenvalue weighted by molar-refractivity contribution is 5.31. The van der Waals surface area contributed by atoms with Gasteiger partial charge in [0.1, 0.15) is 0 Å². The Bertz CT molecular complexity index is 485. The van der Waals surface area contributed by atoms with Crippen LogP contribution in [0, 0.1) is 5.92 Å². The highest BCUT2D eigenvalue weighted by Crippen LogP contribution is 2.38. The van der Waals surface area contributed by atoms with Gasteiger partial charge < -0.3 is 14.6 Å². The summed E-state index contributed by atoms with van der Waals surface area (Å²) in [5, 5.41) is 3.19. The van der Waals surface area contributed by atoms with E-state index in [-0.39, 0.29) is 5.56 Å². The molecular weight excluding hydrogens is 230 g/mol. The third-order valence-corrected chi connectivity index (χ3v) is 4.02. The second-order valence-electron chi connectivity index (χ2n) is 5.12. The SMILES string of the molecule is CCn1ccnc(NCC2CC3CCC2O3)c1=O. The van der Waals surface area contributed by atoms with Crippen LogP contribution in [0.2, 0.25) is 0 Å². The van der Waals surface area contributed by atoms with Crippen LogP contribution in [0.3, 0.4) is 0 Å². The third kappa shape index (κ3) is 2.03. The van der Waals surface area contributed by atoms with Crippen molar-refractivity contribution < 1.29 is 4.74 Å². The number of rotatable bonds is 4. The van der Waals surface area contributed by atoms with E-state index in [0.717, 1.165) is 13.0 Å². The molecule has 1 aromatic heterocycles. The number of aryl methyl sites for hydroxylation is 1. The van der Waals surface area contributed by atoms with Gasteiger partial charge in [0.05, 0.1) is 12.2 Å². The van der Waals surface area contributed by atoms with Gasteiger partial charge in [0.2, 0.25) is 0 Å². The minimum atomic E-state index is -0.0379. The van der Waals surface area contributed by atoms with Gasteiger partial charge in [-0.05, 0) is 26.2 Å². The lowest BCUT2D eigenvalue weighted by atomic mass is 9.89. The monoisotopic (exact) mass is 249 g/mol. The molecule has 5 heteroatoms. The average molecular weight is 249 g/mol. The van der Waals surface area contributed by atoms with Crippen molar-refractivity contribution >= 4 is 5.82 Å². The fourth-order valence-electron chi connectivity index (χ4n) is 3.00. The molecule has 5 nitrogen and oxygen atoms in total. The van der Waals surface area contributed by atoms with E-state index in [0.29, 0.717) is 30.5 Å². The Hall–Kier alpha value is -1.36. The van der Waals surface area contributed by atoms with Gasteiger partial charge in [0, 0.05) is 31.4 Å². The standard InChI is InChI=1S/C13H19N3O2/c1-2-16-6-5-14-12(13(16)17)15-8-9-7-10-3-4-11(9)18-10/h5-6,9-11H,2-4,7-8H2,1H3,(H,14,15). The maximum atomic E-state index is 12.0. The molecule has 0 amide bonds. The number of hydrogen-bond donors (Lipinski definition) is 1. The average Bonchev–Trinajstić information content (AvgIpc) is 3.00. The molecule has 2 aliphatic heterocycles. The van der Waals surface area contributed by atoms with Crippen molar-refractivity contribution in [2.24, 2.45) is 5.92 Å². The van der Waals surface area contributed by atoms with Crippen molar-refractivity contribution in [2.75, 3.05) is 11.9 Å². The first-order valence-corrected chi connectivity index (χ1v) is 6.72. The first-order valence-electron chi connectivity index (χ1n) is 6.72. The number of nitrogens with zero attached hydrogens (tertiary/aromatic N) is 2. The molecule has 0 saturated carbocycles. The van der Waals surface area contributed by atoms with E-state index >= 15 is 0 Å². The second-order valence-corrected chi connectivity index (χ2v) is 5.12. The molecule has 2 aliphatic rings. The Balaban J connectivity index is 1.65. The number of fused-ring (bicyclic) bond motifs is 2. The van der Waals surface area contributed by atoms with E-state index < -0.39 is 0 Å². The molecule has 3 heterocycles. The molecule has 2 fully saturated rings. The van der Waals surface area contributed by atoms with Gasteiger partial charge in [-0.1, -0.05) is 0 Å². The normalized spacial score (nSPS) is 29.7. The van der Waals surface area contributed by atoms with E-state index in [1.165, 1.54) is 12.8 Å². The Morgan fingerprint density at radius 1 is 1.56 bits per heavy atom. The highest BCUT2D eigenvalue weighted by Gasteiger charge is 2.40. The van der Waals surface area contributed by atoms with Crippen LogP contribution in [0.5, 0.6) is 0 Å². The first-order chi connectivity index (χ1) is 8.78. The van der Waals surface area contributed by atoms with E-state index in [4.69, 9.17) is 4.74 Å². The summed E-state index contributed by atoms with van der Waals surface area (Å²) >= 11 is 0. The lowest BCUT2D eigenvalue weighted by Gasteiger charge is -2.19. The van der Waals surface area contributed by atoms with Crippen LogP contribution >= 0.6 is 0 Å². The number of ether oxygens (including phenoxy) is 1. The molecule has 0 aromatic carbocycles. The minimum Gasteiger partial charge on any atom is -0.375 e. The molecule has 3 rings (SSSR count). The van der Waals surface area contributed by atoms with Gasteiger partial charge in [-0.15, -0.1) is 0 Å². The van der Waals surface area contributed by atoms with Crippen molar-refractivity contribution in [1.29, 1.82) is 0 Å². The van der Waals surface area contributed by atoms with Crippen LogP contribution in [0.25, 0.3) is 0 Å². The summed E-state index contributed by atoms with van der Waals surface area (Å²) in [6.07, 6.45) is 7.72. The van der Waals surface area contributed by atoms with Gasteiger partial charge in [0.15, 0.2) is 5.82 Å². The summed E-state index contributed by atoms with van der Waals surface area (Å²) in [5.41, 5.74) is -0.0379. The number of hydrogen-bond acceptors (Lipinski definition) is 4. The van der Waals surface area contributed by atoms with Crippen LogP contribution in [-0.4, -0.2) is 28.3 Å². The van der Waals surface area contributed by atoms with Gasteiger partial charge in [0.25, 0.3) is 5.56 Å². The quantitative estimate of drug-likeness (QED) is 0.872.